The van der Waals surface area contributed by atoms with Gasteiger partial charge in [-0.3, -0.25) is 9.78 Å². The number of aromatic nitrogens is 4. The van der Waals surface area contributed by atoms with Gasteiger partial charge in [0.1, 0.15) is 17.2 Å². The predicted molar refractivity (Wildman–Crippen MR) is 146 cm³/mol. The van der Waals surface area contributed by atoms with Crippen LogP contribution in [-0.2, 0) is 13.1 Å². The van der Waals surface area contributed by atoms with Crippen LogP contribution in [0.25, 0.3) is 33.1 Å². The van der Waals surface area contributed by atoms with Crippen LogP contribution in [0.15, 0.2) is 91.4 Å². The van der Waals surface area contributed by atoms with E-state index in [1.54, 1.807) is 30.7 Å². The average molecular weight is 505 g/mol. The van der Waals surface area contributed by atoms with Crippen molar-refractivity contribution in [2.45, 2.75) is 20.0 Å². The van der Waals surface area contributed by atoms with E-state index < -0.39 is 0 Å². The van der Waals surface area contributed by atoms with Gasteiger partial charge in [0, 0.05) is 47.5 Å². The summed E-state index contributed by atoms with van der Waals surface area (Å²) in [6, 6.07) is 21.8. The number of fused-ring (bicyclic) bond motifs is 2. The van der Waals surface area contributed by atoms with E-state index in [0.29, 0.717) is 24.2 Å². The molecule has 0 saturated heterocycles. The van der Waals surface area contributed by atoms with Gasteiger partial charge >= 0.3 is 0 Å². The number of aliphatic hydroxyl groups is 1. The molecule has 6 nitrogen and oxygen atoms in total. The van der Waals surface area contributed by atoms with Crippen molar-refractivity contribution >= 4 is 27.7 Å². The van der Waals surface area contributed by atoms with Gasteiger partial charge in [-0.25, -0.2) is 9.37 Å². The Balaban J connectivity index is 1.31. The Labute approximate surface area is 218 Å². The molecule has 6 aromatic rings. The number of carbonyl (C=O) groups is 1. The van der Waals surface area contributed by atoms with Crippen molar-refractivity contribution in [3.63, 3.8) is 0 Å². The van der Waals surface area contributed by atoms with Crippen LogP contribution in [0, 0.1) is 12.7 Å². The van der Waals surface area contributed by atoms with Crippen LogP contribution < -0.4 is 0 Å². The SMILES string of the molecule is Cc1nc2cnccc2n1Cc1ccc(C(=O)c2cn(CCO)c3cc(-c4ccc(F)cc4)ccc23)cc1. The first-order valence-corrected chi connectivity index (χ1v) is 12.4. The molecule has 0 amide bonds. The standard InChI is InChI=1S/C31H25FN4O2/c1-20-34-28-17-33-13-12-29(28)36(20)18-21-2-4-23(5-3-21)31(38)27-19-35(14-15-37)30-16-24(8-11-26(27)30)22-6-9-25(32)10-7-22/h2-13,16-17,19,37H,14-15,18H2,1H3. The zero-order valence-electron chi connectivity index (χ0n) is 20.8. The minimum absolute atomic E-state index is 0.0503. The number of benzene rings is 3. The highest BCUT2D eigenvalue weighted by atomic mass is 19.1. The van der Waals surface area contributed by atoms with E-state index in [9.17, 15) is 14.3 Å². The van der Waals surface area contributed by atoms with Crippen molar-refractivity contribution in [2.24, 2.45) is 0 Å². The molecule has 0 aliphatic carbocycles. The number of aliphatic hydroxyl groups excluding tert-OH is 1. The molecule has 0 unspecified atom stereocenters. The summed E-state index contributed by atoms with van der Waals surface area (Å²) < 4.78 is 17.4. The van der Waals surface area contributed by atoms with Gasteiger partial charge in [0.15, 0.2) is 5.78 Å². The molecule has 38 heavy (non-hydrogen) atoms. The van der Waals surface area contributed by atoms with Gasteiger partial charge in [0.25, 0.3) is 0 Å². The zero-order valence-corrected chi connectivity index (χ0v) is 20.8. The first-order chi connectivity index (χ1) is 18.5. The van der Waals surface area contributed by atoms with Crippen LogP contribution in [0.4, 0.5) is 4.39 Å². The fourth-order valence-electron chi connectivity index (χ4n) is 4.99. The van der Waals surface area contributed by atoms with Crippen molar-refractivity contribution in [1.29, 1.82) is 0 Å². The van der Waals surface area contributed by atoms with E-state index in [0.717, 1.165) is 44.5 Å². The maximum Gasteiger partial charge on any atom is 0.195 e. The number of hydrogen-bond donors (Lipinski definition) is 1. The van der Waals surface area contributed by atoms with Gasteiger partial charge in [-0.15, -0.1) is 0 Å². The third-order valence-electron chi connectivity index (χ3n) is 6.94. The molecule has 6 rings (SSSR count). The van der Waals surface area contributed by atoms with Crippen LogP contribution in [0.1, 0.15) is 27.3 Å². The molecule has 0 bridgehead atoms. The highest BCUT2D eigenvalue weighted by Crippen LogP contribution is 2.30. The smallest absolute Gasteiger partial charge is 0.195 e. The lowest BCUT2D eigenvalue weighted by molar-refractivity contribution is 0.104. The molecule has 188 valence electrons. The lowest BCUT2D eigenvalue weighted by atomic mass is 9.99. The van der Waals surface area contributed by atoms with E-state index in [1.807, 2.05) is 60.0 Å². The maximum atomic E-state index is 13.6. The van der Waals surface area contributed by atoms with Gasteiger partial charge < -0.3 is 14.2 Å². The Kier molecular flexibility index (Phi) is 6.05. The number of rotatable bonds is 7. The fraction of sp³-hybridized carbons (Fsp3) is 0.129. The molecule has 1 N–H and O–H groups in total. The van der Waals surface area contributed by atoms with Crippen molar-refractivity contribution in [3.8, 4) is 11.1 Å². The Bertz CT molecular complexity index is 1780. The highest BCUT2D eigenvalue weighted by Gasteiger charge is 2.18. The second kappa shape index (κ2) is 9.68. The number of imidazole rings is 1. The summed E-state index contributed by atoms with van der Waals surface area (Å²) in [5.74, 6) is 0.538. The molecule has 3 aromatic carbocycles. The molecular weight excluding hydrogens is 479 g/mol. The number of pyridine rings is 1. The summed E-state index contributed by atoms with van der Waals surface area (Å²) >= 11 is 0. The lowest BCUT2D eigenvalue weighted by Crippen LogP contribution is -2.04. The highest BCUT2D eigenvalue weighted by molar-refractivity contribution is 6.16. The summed E-state index contributed by atoms with van der Waals surface area (Å²) in [5, 5.41) is 10.4. The third-order valence-corrected chi connectivity index (χ3v) is 6.94. The van der Waals surface area contributed by atoms with Crippen molar-refractivity contribution in [1.82, 2.24) is 19.1 Å². The normalized spacial score (nSPS) is 11.4. The molecule has 0 aliphatic heterocycles. The molecular formula is C31H25FN4O2. The van der Waals surface area contributed by atoms with E-state index in [4.69, 9.17) is 0 Å². The van der Waals surface area contributed by atoms with Crippen LogP contribution >= 0.6 is 0 Å². The lowest BCUT2D eigenvalue weighted by Gasteiger charge is -2.08. The van der Waals surface area contributed by atoms with Crippen LogP contribution in [0.3, 0.4) is 0 Å². The molecule has 3 heterocycles. The number of carbonyl (C=O) groups excluding carboxylic acids is 1. The minimum Gasteiger partial charge on any atom is -0.395 e. The van der Waals surface area contributed by atoms with Gasteiger partial charge in [-0.2, -0.15) is 0 Å². The summed E-state index contributed by atoms with van der Waals surface area (Å²) in [7, 11) is 0. The van der Waals surface area contributed by atoms with Gasteiger partial charge in [-0.05, 0) is 47.9 Å². The monoisotopic (exact) mass is 504 g/mol. The molecule has 0 fully saturated rings. The van der Waals surface area contributed by atoms with Gasteiger partial charge in [0.2, 0.25) is 0 Å². The Morgan fingerprint density at radius 3 is 2.47 bits per heavy atom. The average Bonchev–Trinajstić information content (AvgIpc) is 3.46. The second-order valence-corrected chi connectivity index (χ2v) is 9.33. The molecule has 0 aliphatic rings. The van der Waals surface area contributed by atoms with Crippen molar-refractivity contribution in [3.05, 3.63) is 120 Å². The van der Waals surface area contributed by atoms with Crippen LogP contribution in [-0.4, -0.2) is 36.6 Å². The largest absolute Gasteiger partial charge is 0.395 e. The quantitative estimate of drug-likeness (QED) is 0.280. The maximum absolute atomic E-state index is 13.6. The van der Waals surface area contributed by atoms with E-state index in [1.165, 1.54) is 12.1 Å². The van der Waals surface area contributed by atoms with Crippen LogP contribution in [0.5, 0.6) is 0 Å². The fourth-order valence-corrected chi connectivity index (χ4v) is 4.99. The van der Waals surface area contributed by atoms with Gasteiger partial charge in [0.05, 0.1) is 18.3 Å². The second-order valence-electron chi connectivity index (χ2n) is 9.33. The molecule has 3 aromatic heterocycles. The van der Waals surface area contributed by atoms with E-state index in [2.05, 4.69) is 14.5 Å². The molecule has 0 radical (unpaired) electrons. The summed E-state index contributed by atoms with van der Waals surface area (Å²) in [6.07, 6.45) is 5.33. The zero-order chi connectivity index (χ0) is 26.2. The topological polar surface area (TPSA) is 72.9 Å². The number of halogens is 1. The first kappa shape index (κ1) is 23.8. The summed E-state index contributed by atoms with van der Waals surface area (Å²) in [6.45, 7) is 2.93. The van der Waals surface area contributed by atoms with Crippen molar-refractivity contribution in [2.75, 3.05) is 6.61 Å². The Morgan fingerprint density at radius 2 is 1.71 bits per heavy atom. The Hall–Kier alpha value is -4.62. The molecule has 0 spiro atoms. The Morgan fingerprint density at radius 1 is 0.947 bits per heavy atom. The minimum atomic E-state index is -0.289. The summed E-state index contributed by atoms with van der Waals surface area (Å²) in [4.78, 5) is 22.3. The first-order valence-electron chi connectivity index (χ1n) is 12.4. The number of aryl methyl sites for hydroxylation is 1. The molecule has 7 heteroatoms. The molecule has 0 saturated carbocycles. The van der Waals surface area contributed by atoms with E-state index >= 15 is 0 Å². The molecule has 0 atom stereocenters. The van der Waals surface area contributed by atoms with Gasteiger partial charge in [-0.1, -0.05) is 48.5 Å². The number of ketones is 1. The third kappa shape index (κ3) is 4.27. The number of hydrogen-bond acceptors (Lipinski definition) is 4. The summed E-state index contributed by atoms with van der Waals surface area (Å²) in [5.41, 5.74) is 6.76. The van der Waals surface area contributed by atoms with Crippen molar-refractivity contribution < 1.29 is 14.3 Å². The van der Waals surface area contributed by atoms with E-state index in [-0.39, 0.29) is 18.2 Å². The van der Waals surface area contributed by atoms with Crippen LogP contribution in [0.2, 0.25) is 0 Å². The number of nitrogens with zero attached hydrogens (tertiary/aromatic N) is 4. The predicted octanol–water partition coefficient (Wildman–Crippen LogP) is 5.77.